The van der Waals surface area contributed by atoms with Crippen LogP contribution in [-0.4, -0.2) is 23.3 Å². The summed E-state index contributed by atoms with van der Waals surface area (Å²) in [6, 6.07) is 1.20. The van der Waals surface area contributed by atoms with E-state index < -0.39 is 0 Å². The van der Waals surface area contributed by atoms with Crippen LogP contribution in [0.15, 0.2) is 0 Å². The number of nitrogens with one attached hydrogen (secondary N) is 1. The molecule has 0 aromatic rings. The molecule has 2 fully saturated rings. The molecule has 15 heavy (non-hydrogen) atoms. The molecule has 0 radical (unpaired) electrons. The molecule has 0 bridgehead atoms. The van der Waals surface area contributed by atoms with Crippen molar-refractivity contribution in [2.75, 3.05) is 0 Å². The molecule has 2 rings (SSSR count). The number of aliphatic hydroxyl groups excluding tert-OH is 1. The van der Waals surface area contributed by atoms with E-state index in [4.69, 9.17) is 0 Å². The van der Waals surface area contributed by atoms with E-state index in [0.717, 1.165) is 0 Å². The average molecular weight is 211 g/mol. The minimum Gasteiger partial charge on any atom is -0.392 e. The highest BCUT2D eigenvalue weighted by molar-refractivity contribution is 4.97. The predicted octanol–water partition coefficient (Wildman–Crippen LogP) is 2.31. The van der Waals surface area contributed by atoms with Crippen molar-refractivity contribution in [1.29, 1.82) is 0 Å². The van der Waals surface area contributed by atoms with E-state index in [2.05, 4.69) is 26.1 Å². The molecule has 2 heteroatoms. The van der Waals surface area contributed by atoms with Crippen molar-refractivity contribution in [3.8, 4) is 0 Å². The van der Waals surface area contributed by atoms with Gasteiger partial charge in [0.05, 0.1) is 6.10 Å². The van der Waals surface area contributed by atoms with E-state index in [-0.39, 0.29) is 11.5 Å². The van der Waals surface area contributed by atoms with Gasteiger partial charge in [0.15, 0.2) is 0 Å². The molecule has 0 amide bonds. The first-order valence-corrected chi connectivity index (χ1v) is 6.45. The first kappa shape index (κ1) is 11.4. The summed E-state index contributed by atoms with van der Waals surface area (Å²) in [5, 5.41) is 14.0. The van der Waals surface area contributed by atoms with Gasteiger partial charge in [-0.05, 0) is 38.0 Å². The molecule has 1 aliphatic carbocycles. The molecule has 4 atom stereocenters. The zero-order valence-electron chi connectivity index (χ0n) is 10.3. The maximum Gasteiger partial charge on any atom is 0.0634 e. The van der Waals surface area contributed by atoms with Gasteiger partial charge in [-0.15, -0.1) is 0 Å². The minimum atomic E-state index is -0.111. The SMILES string of the molecule is CC1CCCC(C2CCC(C)(C)C2O)N1. The third kappa shape index (κ3) is 2.21. The van der Waals surface area contributed by atoms with Gasteiger partial charge in [-0.3, -0.25) is 0 Å². The standard InChI is InChI=1S/C13H25NO/c1-9-5-4-6-11(14-9)10-7-8-13(2,3)12(10)15/h9-12,14-15H,4-8H2,1-3H3. The normalized spacial score (nSPS) is 45.6. The van der Waals surface area contributed by atoms with Crippen LogP contribution >= 0.6 is 0 Å². The van der Waals surface area contributed by atoms with E-state index in [1.165, 1.54) is 32.1 Å². The van der Waals surface area contributed by atoms with Gasteiger partial charge in [0.25, 0.3) is 0 Å². The molecule has 2 N–H and O–H groups in total. The Bertz CT molecular complexity index is 227. The Balaban J connectivity index is 1.99. The van der Waals surface area contributed by atoms with Crippen molar-refractivity contribution in [3.63, 3.8) is 0 Å². The molecule has 1 saturated carbocycles. The molecule has 2 nitrogen and oxygen atoms in total. The maximum atomic E-state index is 10.3. The second kappa shape index (κ2) is 4.06. The third-order valence-electron chi connectivity index (χ3n) is 4.50. The van der Waals surface area contributed by atoms with Gasteiger partial charge in [0, 0.05) is 18.0 Å². The van der Waals surface area contributed by atoms with E-state index in [0.29, 0.717) is 18.0 Å². The molecular weight excluding hydrogens is 186 g/mol. The highest BCUT2D eigenvalue weighted by Gasteiger charge is 2.44. The first-order valence-electron chi connectivity index (χ1n) is 6.45. The van der Waals surface area contributed by atoms with Gasteiger partial charge < -0.3 is 10.4 Å². The lowest BCUT2D eigenvalue weighted by atomic mass is 9.82. The largest absolute Gasteiger partial charge is 0.392 e. The van der Waals surface area contributed by atoms with E-state index in [9.17, 15) is 5.11 Å². The summed E-state index contributed by atoms with van der Waals surface area (Å²) in [6.45, 7) is 6.66. The number of rotatable bonds is 1. The molecule has 1 aliphatic heterocycles. The maximum absolute atomic E-state index is 10.3. The van der Waals surface area contributed by atoms with Crippen molar-refractivity contribution in [3.05, 3.63) is 0 Å². The molecule has 0 spiro atoms. The van der Waals surface area contributed by atoms with Crippen LogP contribution in [0.25, 0.3) is 0 Å². The van der Waals surface area contributed by atoms with Crippen LogP contribution in [0.3, 0.4) is 0 Å². The summed E-state index contributed by atoms with van der Waals surface area (Å²) in [5.74, 6) is 0.489. The lowest BCUT2D eigenvalue weighted by Gasteiger charge is -2.36. The molecule has 0 aromatic heterocycles. The highest BCUT2D eigenvalue weighted by atomic mass is 16.3. The summed E-state index contributed by atoms with van der Waals surface area (Å²) < 4.78 is 0. The van der Waals surface area contributed by atoms with Crippen molar-refractivity contribution in [2.24, 2.45) is 11.3 Å². The summed E-state index contributed by atoms with van der Waals surface area (Å²) in [6.07, 6.45) is 6.12. The van der Waals surface area contributed by atoms with Crippen LogP contribution in [-0.2, 0) is 0 Å². The summed E-state index contributed by atoms with van der Waals surface area (Å²) in [7, 11) is 0. The Morgan fingerprint density at radius 2 is 1.93 bits per heavy atom. The zero-order valence-corrected chi connectivity index (χ0v) is 10.3. The first-order chi connectivity index (χ1) is 7.00. The average Bonchev–Trinajstić information content (AvgIpc) is 2.42. The summed E-state index contributed by atoms with van der Waals surface area (Å²) >= 11 is 0. The topological polar surface area (TPSA) is 32.3 Å². The lowest BCUT2D eigenvalue weighted by molar-refractivity contribution is 0.0269. The molecule has 88 valence electrons. The Kier molecular flexibility index (Phi) is 3.09. The van der Waals surface area contributed by atoms with Gasteiger partial charge in [0.1, 0.15) is 0 Å². The highest BCUT2D eigenvalue weighted by Crippen LogP contribution is 2.44. The quantitative estimate of drug-likeness (QED) is 0.697. The zero-order chi connectivity index (χ0) is 11.1. The molecule has 2 aliphatic rings. The van der Waals surface area contributed by atoms with Gasteiger partial charge in [-0.1, -0.05) is 20.3 Å². The monoisotopic (exact) mass is 211 g/mol. The Hall–Kier alpha value is -0.0800. The number of hydrogen-bond acceptors (Lipinski definition) is 2. The van der Waals surface area contributed by atoms with E-state index >= 15 is 0 Å². The third-order valence-corrected chi connectivity index (χ3v) is 4.50. The van der Waals surface area contributed by atoms with E-state index in [1.807, 2.05) is 0 Å². The Labute approximate surface area is 93.5 Å². The lowest BCUT2D eigenvalue weighted by Crippen LogP contribution is -2.48. The van der Waals surface area contributed by atoms with Crippen molar-refractivity contribution in [1.82, 2.24) is 5.32 Å². The molecule has 0 aromatic carbocycles. The fourth-order valence-corrected chi connectivity index (χ4v) is 3.36. The second-order valence-corrected chi connectivity index (χ2v) is 6.24. The Morgan fingerprint density at radius 3 is 2.47 bits per heavy atom. The van der Waals surface area contributed by atoms with Gasteiger partial charge in [0.2, 0.25) is 0 Å². The fraction of sp³-hybridized carbons (Fsp3) is 1.00. The van der Waals surface area contributed by atoms with Gasteiger partial charge >= 0.3 is 0 Å². The van der Waals surface area contributed by atoms with Crippen LogP contribution < -0.4 is 5.32 Å². The second-order valence-electron chi connectivity index (χ2n) is 6.24. The van der Waals surface area contributed by atoms with Gasteiger partial charge in [-0.2, -0.15) is 0 Å². The van der Waals surface area contributed by atoms with Crippen LogP contribution in [0.2, 0.25) is 0 Å². The molecular formula is C13H25NO. The number of hydrogen-bond donors (Lipinski definition) is 2. The smallest absolute Gasteiger partial charge is 0.0634 e. The molecule has 4 unspecified atom stereocenters. The fourth-order valence-electron chi connectivity index (χ4n) is 3.36. The molecule has 1 saturated heterocycles. The van der Waals surface area contributed by atoms with Crippen molar-refractivity contribution < 1.29 is 5.11 Å². The summed E-state index contributed by atoms with van der Waals surface area (Å²) in [4.78, 5) is 0. The van der Waals surface area contributed by atoms with Crippen LogP contribution in [0.5, 0.6) is 0 Å². The van der Waals surface area contributed by atoms with Crippen molar-refractivity contribution in [2.45, 2.75) is 71.1 Å². The minimum absolute atomic E-state index is 0.111. The summed E-state index contributed by atoms with van der Waals surface area (Å²) in [5.41, 5.74) is 0.132. The number of piperidine rings is 1. The Morgan fingerprint density at radius 1 is 1.20 bits per heavy atom. The predicted molar refractivity (Wildman–Crippen MR) is 62.7 cm³/mol. The van der Waals surface area contributed by atoms with Gasteiger partial charge in [-0.25, -0.2) is 0 Å². The molecule has 1 heterocycles. The van der Waals surface area contributed by atoms with Crippen LogP contribution in [0.1, 0.15) is 52.9 Å². The number of aliphatic hydroxyl groups is 1. The van der Waals surface area contributed by atoms with Crippen LogP contribution in [0, 0.1) is 11.3 Å². The van der Waals surface area contributed by atoms with Crippen molar-refractivity contribution >= 4 is 0 Å². The van der Waals surface area contributed by atoms with Crippen LogP contribution in [0.4, 0.5) is 0 Å². The van der Waals surface area contributed by atoms with E-state index in [1.54, 1.807) is 0 Å².